The molecule has 0 spiro atoms. The molecule has 0 aliphatic heterocycles. The average Bonchev–Trinajstić information content (AvgIpc) is 2.65. The van der Waals surface area contributed by atoms with E-state index in [0.29, 0.717) is 12.5 Å². The van der Waals surface area contributed by atoms with Crippen molar-refractivity contribution in [3.8, 4) is 0 Å². The van der Waals surface area contributed by atoms with Gasteiger partial charge < -0.3 is 5.32 Å². The number of amides is 1. The lowest BCUT2D eigenvalue weighted by Gasteiger charge is -2.13. The Morgan fingerprint density at radius 1 is 1.77 bits per heavy atom. The molecule has 4 N–H and O–H groups in total. The molecule has 1 heterocycles. The van der Waals surface area contributed by atoms with Crippen molar-refractivity contribution >= 4 is 11.9 Å². The van der Waals surface area contributed by atoms with Crippen LogP contribution in [0.25, 0.3) is 0 Å². The minimum atomic E-state index is -0.223. The van der Waals surface area contributed by atoms with Crippen LogP contribution in [0.4, 0.5) is 5.95 Å². The molecule has 0 saturated heterocycles. The summed E-state index contributed by atoms with van der Waals surface area (Å²) in [4.78, 5) is 11.1. The number of carbonyl (C=O) groups excluding carboxylic acids is 1. The van der Waals surface area contributed by atoms with Crippen molar-refractivity contribution < 1.29 is 4.79 Å². The molecule has 0 aliphatic rings. The molecule has 1 aromatic rings. The van der Waals surface area contributed by atoms with Gasteiger partial charge in [0.1, 0.15) is 0 Å². The van der Waals surface area contributed by atoms with Crippen LogP contribution in [0.2, 0.25) is 0 Å². The Labute approximate surface area is 74.4 Å². The van der Waals surface area contributed by atoms with Crippen LogP contribution in [0, 0.1) is 0 Å². The molecule has 0 atom stereocenters. The number of hydrazine groups is 1. The third-order valence-electron chi connectivity index (χ3n) is 1.41. The zero-order valence-electron chi connectivity index (χ0n) is 7.19. The Morgan fingerprint density at radius 3 is 3.08 bits per heavy atom. The number of rotatable bonds is 4. The maximum absolute atomic E-state index is 11.1. The first kappa shape index (κ1) is 9.39. The lowest BCUT2D eigenvalue weighted by molar-refractivity contribution is -0.129. The predicted octanol–water partition coefficient (Wildman–Crippen LogP) is -1.67. The van der Waals surface area contributed by atoms with E-state index in [9.17, 15) is 4.79 Å². The van der Waals surface area contributed by atoms with E-state index in [1.54, 1.807) is 6.92 Å². The molecular formula is C5H11N7O. The van der Waals surface area contributed by atoms with Crippen molar-refractivity contribution in [1.29, 1.82) is 0 Å². The van der Waals surface area contributed by atoms with E-state index in [2.05, 4.69) is 25.9 Å². The second-order valence-electron chi connectivity index (χ2n) is 2.28. The minimum Gasteiger partial charge on any atom is -0.344 e. The monoisotopic (exact) mass is 185 g/mol. The van der Waals surface area contributed by atoms with E-state index < -0.39 is 0 Å². The molecule has 8 heteroatoms. The maximum Gasteiger partial charge on any atom is 0.255 e. The third kappa shape index (κ3) is 2.67. The molecule has 0 aromatic carbocycles. The fraction of sp³-hybridized carbons (Fsp3) is 0.600. The highest BCUT2D eigenvalue weighted by atomic mass is 16.2. The van der Waals surface area contributed by atoms with Crippen LogP contribution in [-0.4, -0.2) is 44.6 Å². The van der Waals surface area contributed by atoms with Crippen molar-refractivity contribution in [3.63, 3.8) is 0 Å². The van der Waals surface area contributed by atoms with Gasteiger partial charge in [-0.3, -0.25) is 9.80 Å². The highest BCUT2D eigenvalue weighted by molar-refractivity contribution is 5.79. The number of H-pyrrole nitrogens is 1. The first-order valence-corrected chi connectivity index (χ1v) is 3.76. The van der Waals surface area contributed by atoms with Crippen LogP contribution >= 0.6 is 0 Å². The molecule has 72 valence electrons. The predicted molar refractivity (Wildman–Crippen MR) is 44.2 cm³/mol. The maximum atomic E-state index is 11.1. The van der Waals surface area contributed by atoms with Gasteiger partial charge in [-0.2, -0.15) is 0 Å². The van der Waals surface area contributed by atoms with Crippen molar-refractivity contribution in [2.75, 3.05) is 18.4 Å². The molecule has 0 saturated carbocycles. The van der Waals surface area contributed by atoms with Gasteiger partial charge in [0.2, 0.25) is 5.95 Å². The van der Waals surface area contributed by atoms with Gasteiger partial charge in [0.15, 0.2) is 0 Å². The van der Waals surface area contributed by atoms with Gasteiger partial charge in [-0.25, -0.2) is 10.9 Å². The highest BCUT2D eigenvalue weighted by Gasteiger charge is 2.06. The minimum absolute atomic E-state index is 0.0706. The largest absolute Gasteiger partial charge is 0.344 e. The summed E-state index contributed by atoms with van der Waals surface area (Å²) in [7, 11) is 0. The van der Waals surface area contributed by atoms with Gasteiger partial charge in [-0.1, -0.05) is 5.10 Å². The van der Waals surface area contributed by atoms with Crippen LogP contribution in [-0.2, 0) is 4.79 Å². The number of hydrogen-bond donors (Lipinski definition) is 3. The number of anilines is 1. The smallest absolute Gasteiger partial charge is 0.255 e. The molecule has 1 aromatic heterocycles. The van der Waals surface area contributed by atoms with Gasteiger partial charge in [0.05, 0.1) is 6.54 Å². The number of tetrazole rings is 1. The lowest BCUT2D eigenvalue weighted by atomic mass is 10.5. The number of nitrogens with zero attached hydrogens (tertiary/aromatic N) is 4. The zero-order valence-corrected chi connectivity index (χ0v) is 7.19. The number of likely N-dealkylation sites (N-methyl/N-ethyl adjacent to an activating group) is 1. The van der Waals surface area contributed by atoms with Crippen molar-refractivity contribution in [2.45, 2.75) is 6.92 Å². The third-order valence-corrected chi connectivity index (χ3v) is 1.41. The summed E-state index contributed by atoms with van der Waals surface area (Å²) >= 11 is 0. The van der Waals surface area contributed by atoms with E-state index in [1.807, 2.05) is 0 Å². The molecule has 1 amide bonds. The van der Waals surface area contributed by atoms with Gasteiger partial charge in [0, 0.05) is 6.54 Å². The Morgan fingerprint density at radius 2 is 2.54 bits per heavy atom. The Hall–Kier alpha value is -1.70. The quantitative estimate of drug-likeness (QED) is 0.294. The number of nitrogens with one attached hydrogen (secondary N) is 2. The number of carbonyl (C=O) groups is 1. The summed E-state index contributed by atoms with van der Waals surface area (Å²) in [6.45, 7) is 2.32. The van der Waals surface area contributed by atoms with E-state index in [-0.39, 0.29) is 12.5 Å². The van der Waals surface area contributed by atoms with E-state index >= 15 is 0 Å². The topological polar surface area (TPSA) is 113 Å². The summed E-state index contributed by atoms with van der Waals surface area (Å²) in [5, 5.41) is 16.4. The molecule has 0 unspecified atom stereocenters. The Balaban J connectivity index is 2.31. The summed E-state index contributed by atoms with van der Waals surface area (Å²) in [6, 6.07) is 0. The van der Waals surface area contributed by atoms with Crippen molar-refractivity contribution in [3.05, 3.63) is 0 Å². The summed E-state index contributed by atoms with van der Waals surface area (Å²) in [5.74, 6) is 5.46. The number of nitrogens with two attached hydrogens (primary N) is 1. The van der Waals surface area contributed by atoms with Gasteiger partial charge in [-0.05, 0) is 17.4 Å². The van der Waals surface area contributed by atoms with E-state index in [4.69, 9.17) is 5.84 Å². The van der Waals surface area contributed by atoms with Gasteiger partial charge in [0.25, 0.3) is 5.91 Å². The van der Waals surface area contributed by atoms with Crippen molar-refractivity contribution in [2.24, 2.45) is 5.84 Å². The number of aromatic nitrogens is 4. The molecule has 0 bridgehead atoms. The first-order chi connectivity index (χ1) is 6.24. The van der Waals surface area contributed by atoms with Gasteiger partial charge >= 0.3 is 0 Å². The molecule has 0 aliphatic carbocycles. The number of aromatic amines is 1. The van der Waals surface area contributed by atoms with Crippen molar-refractivity contribution in [1.82, 2.24) is 25.6 Å². The van der Waals surface area contributed by atoms with Crippen LogP contribution < -0.4 is 11.2 Å². The second-order valence-corrected chi connectivity index (χ2v) is 2.28. The molecule has 1 rings (SSSR count). The average molecular weight is 185 g/mol. The molecule has 0 fully saturated rings. The standard InChI is InChI=1S/C5H11N7O/c1-2-12(6)4(13)3-7-5-8-10-11-9-5/h2-3,6H2,1H3,(H2,7,8,9,10,11). The van der Waals surface area contributed by atoms with E-state index in [0.717, 1.165) is 5.01 Å². The summed E-state index contributed by atoms with van der Waals surface area (Å²) < 4.78 is 0. The highest BCUT2D eigenvalue weighted by Crippen LogP contribution is 1.89. The van der Waals surface area contributed by atoms with Crippen LogP contribution in [0.1, 0.15) is 6.92 Å². The van der Waals surface area contributed by atoms with Crippen LogP contribution in [0.15, 0.2) is 0 Å². The van der Waals surface area contributed by atoms with Gasteiger partial charge in [-0.15, -0.1) is 0 Å². The van der Waals surface area contributed by atoms with Crippen LogP contribution in [0.3, 0.4) is 0 Å². The fourth-order valence-electron chi connectivity index (χ4n) is 0.671. The normalized spacial score (nSPS) is 9.69. The summed E-state index contributed by atoms with van der Waals surface area (Å²) in [6.07, 6.45) is 0. The summed E-state index contributed by atoms with van der Waals surface area (Å²) in [5.41, 5.74) is 0. The Kier molecular flexibility index (Phi) is 3.15. The number of hydrogen-bond acceptors (Lipinski definition) is 6. The molecule has 8 nitrogen and oxygen atoms in total. The zero-order chi connectivity index (χ0) is 9.68. The SMILES string of the molecule is CCN(N)C(=O)CNc1nnn[nH]1. The lowest BCUT2D eigenvalue weighted by Crippen LogP contribution is -2.40. The fourth-order valence-corrected chi connectivity index (χ4v) is 0.671. The van der Waals surface area contributed by atoms with E-state index in [1.165, 1.54) is 0 Å². The molecular weight excluding hydrogens is 174 g/mol. The molecule has 0 radical (unpaired) electrons. The van der Waals surface area contributed by atoms with Crippen LogP contribution in [0.5, 0.6) is 0 Å². The Bertz CT molecular complexity index is 258. The first-order valence-electron chi connectivity index (χ1n) is 3.76. The second kappa shape index (κ2) is 4.36. The molecule has 13 heavy (non-hydrogen) atoms.